The lowest BCUT2D eigenvalue weighted by Crippen LogP contribution is -2.17. The van der Waals surface area contributed by atoms with Crippen molar-refractivity contribution in [2.45, 2.75) is 13.5 Å². The van der Waals surface area contributed by atoms with Gasteiger partial charge in [0.25, 0.3) is 5.91 Å². The molecule has 0 atom stereocenters. The largest absolute Gasteiger partial charge is 0.322 e. The third-order valence-corrected chi connectivity index (χ3v) is 4.77. The first-order valence-corrected chi connectivity index (χ1v) is 9.17. The Bertz CT molecular complexity index is 1150. The van der Waals surface area contributed by atoms with Gasteiger partial charge in [-0.15, -0.1) is 0 Å². The van der Waals surface area contributed by atoms with Crippen LogP contribution in [0.25, 0.3) is 10.9 Å². The molecule has 3 aromatic carbocycles. The Morgan fingerprint density at radius 1 is 0.821 bits per heavy atom. The van der Waals surface area contributed by atoms with Crippen molar-refractivity contribution in [2.24, 2.45) is 0 Å². The number of aromatic nitrogens is 1. The molecule has 0 saturated heterocycles. The number of carbonyl (C=O) groups excluding carboxylic acids is 2. The third-order valence-electron chi connectivity index (χ3n) is 4.77. The first kappa shape index (κ1) is 17.7. The summed E-state index contributed by atoms with van der Waals surface area (Å²) in [7, 11) is 0. The van der Waals surface area contributed by atoms with Gasteiger partial charge in [-0.1, -0.05) is 66.7 Å². The van der Waals surface area contributed by atoms with Crippen LogP contribution in [0.4, 0.5) is 5.82 Å². The zero-order chi connectivity index (χ0) is 19.5. The fraction of sp³-hybridized carbons (Fsp3) is 0.0833. The molecular weight excluding hydrogens is 348 g/mol. The number of benzene rings is 3. The number of para-hydroxylation sites is 1. The number of nitrogens with one attached hydrogen (secondary N) is 1. The topological polar surface area (TPSA) is 51.1 Å². The molecule has 4 aromatic rings. The molecule has 0 unspecified atom stereocenters. The van der Waals surface area contributed by atoms with E-state index in [0.717, 1.165) is 16.5 Å². The summed E-state index contributed by atoms with van der Waals surface area (Å²) in [6.45, 7) is 2.09. The fourth-order valence-electron chi connectivity index (χ4n) is 3.49. The van der Waals surface area contributed by atoms with Crippen molar-refractivity contribution in [3.63, 3.8) is 0 Å². The van der Waals surface area contributed by atoms with Crippen LogP contribution >= 0.6 is 0 Å². The van der Waals surface area contributed by atoms with E-state index in [2.05, 4.69) is 5.32 Å². The van der Waals surface area contributed by atoms with Gasteiger partial charge in [-0.2, -0.15) is 0 Å². The van der Waals surface area contributed by atoms with Gasteiger partial charge in [-0.25, -0.2) is 0 Å². The highest BCUT2D eigenvalue weighted by molar-refractivity contribution is 6.16. The molecule has 4 heteroatoms. The van der Waals surface area contributed by atoms with Crippen molar-refractivity contribution >= 4 is 28.4 Å². The molecule has 1 heterocycles. The number of hydrogen-bond donors (Lipinski definition) is 1. The number of Topliss-reactive ketones (excluding diaryl/α,β-unsaturated/α-hetero) is 1. The van der Waals surface area contributed by atoms with E-state index in [1.54, 1.807) is 12.1 Å². The van der Waals surface area contributed by atoms with E-state index in [4.69, 9.17) is 0 Å². The standard InChI is InChI=1S/C24H20N2O2/c1-17(27)22-20-14-8-9-15-21(20)26(16-18-10-4-2-5-11-18)23(22)25-24(28)19-12-6-3-7-13-19/h2-15H,16H2,1H3,(H,25,28). The van der Waals surface area contributed by atoms with Gasteiger partial charge in [0.1, 0.15) is 5.82 Å². The number of fused-ring (bicyclic) bond motifs is 1. The number of amides is 1. The molecular formula is C24H20N2O2. The van der Waals surface area contributed by atoms with Crippen molar-refractivity contribution < 1.29 is 9.59 Å². The van der Waals surface area contributed by atoms with E-state index >= 15 is 0 Å². The minimum absolute atomic E-state index is 0.0774. The zero-order valence-corrected chi connectivity index (χ0v) is 15.6. The Hall–Kier alpha value is -3.66. The molecule has 0 spiro atoms. The Morgan fingerprint density at radius 3 is 2.11 bits per heavy atom. The third kappa shape index (κ3) is 3.32. The van der Waals surface area contributed by atoms with E-state index < -0.39 is 0 Å². The Balaban J connectivity index is 1.87. The van der Waals surface area contributed by atoms with Gasteiger partial charge in [0.15, 0.2) is 5.78 Å². The SMILES string of the molecule is CC(=O)c1c(NC(=O)c2ccccc2)n(Cc2ccccc2)c2ccccc12. The molecule has 0 bridgehead atoms. The van der Waals surface area contributed by atoms with Crippen LogP contribution in [0, 0.1) is 0 Å². The van der Waals surface area contributed by atoms with Crippen molar-refractivity contribution in [2.75, 3.05) is 5.32 Å². The number of rotatable bonds is 5. The lowest BCUT2D eigenvalue weighted by atomic mass is 10.1. The van der Waals surface area contributed by atoms with Gasteiger partial charge in [0.05, 0.1) is 11.1 Å². The summed E-state index contributed by atoms with van der Waals surface area (Å²) in [6, 6.07) is 26.8. The van der Waals surface area contributed by atoms with Crippen molar-refractivity contribution in [1.29, 1.82) is 0 Å². The van der Waals surface area contributed by atoms with Gasteiger partial charge in [-0.05, 0) is 30.7 Å². The van der Waals surface area contributed by atoms with E-state index in [1.165, 1.54) is 6.92 Å². The fourth-order valence-corrected chi connectivity index (χ4v) is 3.49. The normalized spacial score (nSPS) is 10.8. The maximum absolute atomic E-state index is 12.8. The zero-order valence-electron chi connectivity index (χ0n) is 15.6. The van der Waals surface area contributed by atoms with Crippen molar-refractivity contribution in [3.05, 3.63) is 102 Å². The van der Waals surface area contributed by atoms with Crippen molar-refractivity contribution in [3.8, 4) is 0 Å². The van der Waals surface area contributed by atoms with E-state index in [0.29, 0.717) is 23.5 Å². The van der Waals surface area contributed by atoms with E-state index in [1.807, 2.05) is 77.4 Å². The molecule has 1 N–H and O–H groups in total. The van der Waals surface area contributed by atoms with Gasteiger partial charge in [0, 0.05) is 17.5 Å². The lowest BCUT2D eigenvalue weighted by Gasteiger charge is -2.13. The lowest BCUT2D eigenvalue weighted by molar-refractivity contribution is 0.102. The number of anilines is 1. The molecule has 1 amide bonds. The average molecular weight is 368 g/mol. The summed E-state index contributed by atoms with van der Waals surface area (Å²) in [4.78, 5) is 25.3. The van der Waals surface area contributed by atoms with Crippen LogP contribution in [-0.2, 0) is 6.54 Å². The second-order valence-corrected chi connectivity index (χ2v) is 6.69. The molecule has 0 aliphatic carbocycles. The van der Waals surface area contributed by atoms with Crippen LogP contribution in [-0.4, -0.2) is 16.3 Å². The second-order valence-electron chi connectivity index (χ2n) is 6.69. The quantitative estimate of drug-likeness (QED) is 0.496. The minimum Gasteiger partial charge on any atom is -0.322 e. The van der Waals surface area contributed by atoms with Crippen LogP contribution in [0.15, 0.2) is 84.9 Å². The molecule has 28 heavy (non-hydrogen) atoms. The predicted octanol–water partition coefficient (Wildman–Crippen LogP) is 5.14. The second kappa shape index (κ2) is 7.53. The van der Waals surface area contributed by atoms with Gasteiger partial charge in [0.2, 0.25) is 0 Å². The van der Waals surface area contributed by atoms with Crippen molar-refractivity contribution in [1.82, 2.24) is 4.57 Å². The van der Waals surface area contributed by atoms with Crippen LogP contribution < -0.4 is 5.32 Å². The molecule has 0 saturated carbocycles. The summed E-state index contributed by atoms with van der Waals surface area (Å²) in [6.07, 6.45) is 0. The van der Waals surface area contributed by atoms with E-state index in [9.17, 15) is 9.59 Å². The van der Waals surface area contributed by atoms with Gasteiger partial charge < -0.3 is 9.88 Å². The average Bonchev–Trinajstić information content (AvgIpc) is 3.03. The van der Waals surface area contributed by atoms with Crippen LogP contribution in [0.1, 0.15) is 33.2 Å². The summed E-state index contributed by atoms with van der Waals surface area (Å²) < 4.78 is 2.00. The molecule has 138 valence electrons. The highest BCUT2D eigenvalue weighted by atomic mass is 16.2. The smallest absolute Gasteiger partial charge is 0.256 e. The van der Waals surface area contributed by atoms with Gasteiger partial charge >= 0.3 is 0 Å². The molecule has 0 radical (unpaired) electrons. The van der Waals surface area contributed by atoms with Crippen LogP contribution in [0.5, 0.6) is 0 Å². The molecule has 1 aromatic heterocycles. The Labute approximate surface area is 163 Å². The molecule has 0 aliphatic heterocycles. The maximum atomic E-state index is 12.8. The van der Waals surface area contributed by atoms with Crippen LogP contribution in [0.2, 0.25) is 0 Å². The molecule has 0 aliphatic rings. The number of ketones is 1. The number of nitrogens with zero attached hydrogens (tertiary/aromatic N) is 1. The summed E-state index contributed by atoms with van der Waals surface area (Å²) in [5.74, 6) is 0.220. The highest BCUT2D eigenvalue weighted by Crippen LogP contribution is 2.32. The maximum Gasteiger partial charge on any atom is 0.256 e. The summed E-state index contributed by atoms with van der Waals surface area (Å²) in [5.41, 5.74) is 3.10. The Kier molecular flexibility index (Phi) is 4.77. The number of hydrogen-bond acceptors (Lipinski definition) is 2. The first-order chi connectivity index (χ1) is 13.6. The first-order valence-electron chi connectivity index (χ1n) is 9.17. The predicted molar refractivity (Wildman–Crippen MR) is 112 cm³/mol. The number of carbonyl (C=O) groups is 2. The Morgan fingerprint density at radius 2 is 1.43 bits per heavy atom. The summed E-state index contributed by atoms with van der Waals surface area (Å²) in [5, 5.41) is 3.83. The highest BCUT2D eigenvalue weighted by Gasteiger charge is 2.22. The minimum atomic E-state index is -0.236. The molecule has 0 fully saturated rings. The van der Waals surface area contributed by atoms with Crippen LogP contribution in [0.3, 0.4) is 0 Å². The summed E-state index contributed by atoms with van der Waals surface area (Å²) >= 11 is 0. The molecule has 4 nitrogen and oxygen atoms in total. The molecule has 4 rings (SSSR count). The van der Waals surface area contributed by atoms with Gasteiger partial charge in [-0.3, -0.25) is 9.59 Å². The van der Waals surface area contributed by atoms with E-state index in [-0.39, 0.29) is 11.7 Å². The monoisotopic (exact) mass is 368 g/mol.